The quantitative estimate of drug-likeness (QED) is 0.0563. The molecular formula is C36H43N5O2. The predicted octanol–water partition coefficient (Wildman–Crippen LogP) is 8.91. The van der Waals surface area contributed by atoms with Gasteiger partial charge in [0, 0.05) is 35.6 Å². The Kier molecular flexibility index (Phi) is 13.8. The van der Waals surface area contributed by atoms with Crippen LogP contribution in [0.2, 0.25) is 0 Å². The third-order valence-electron chi connectivity index (χ3n) is 7.23. The number of carbonyl (C=O) groups is 1. The molecule has 3 rings (SSSR count). The summed E-state index contributed by atoms with van der Waals surface area (Å²) in [6.45, 7) is 6.23. The van der Waals surface area contributed by atoms with E-state index in [1.54, 1.807) is 23.2 Å². The number of nitrogens with one attached hydrogen (secondary N) is 1. The Hall–Kier alpha value is -4.62. The van der Waals surface area contributed by atoms with E-state index < -0.39 is 0 Å². The fourth-order valence-corrected chi connectivity index (χ4v) is 4.87. The molecule has 1 N–H and O–H groups in total. The summed E-state index contributed by atoms with van der Waals surface area (Å²) >= 11 is 0. The Morgan fingerprint density at radius 2 is 1.65 bits per heavy atom. The van der Waals surface area contributed by atoms with E-state index in [0.717, 1.165) is 52.9 Å². The molecule has 0 saturated heterocycles. The number of unbranched alkanes of at least 4 members (excludes halogenated alkanes) is 8. The minimum absolute atomic E-state index is 0.0207. The summed E-state index contributed by atoms with van der Waals surface area (Å²) in [5.41, 5.74) is 5.43. The number of hydrogen-bond donors (Lipinski definition) is 1. The lowest BCUT2D eigenvalue weighted by Gasteiger charge is -2.23. The van der Waals surface area contributed by atoms with Gasteiger partial charge in [-0.05, 0) is 85.5 Å². The van der Waals surface area contributed by atoms with Crippen LogP contribution in [0.15, 0.2) is 54.7 Å². The number of hydrogen-bond acceptors (Lipinski definition) is 7. The summed E-state index contributed by atoms with van der Waals surface area (Å²) in [6.07, 6.45) is 21.6. The van der Waals surface area contributed by atoms with E-state index in [2.05, 4.69) is 23.1 Å². The number of esters is 1. The van der Waals surface area contributed by atoms with Crippen molar-refractivity contribution in [1.29, 1.82) is 5.26 Å². The van der Waals surface area contributed by atoms with E-state index in [1.165, 1.54) is 44.6 Å². The van der Waals surface area contributed by atoms with Gasteiger partial charge in [-0.15, -0.1) is 6.42 Å². The predicted molar refractivity (Wildman–Crippen MR) is 175 cm³/mol. The fourth-order valence-electron chi connectivity index (χ4n) is 4.87. The van der Waals surface area contributed by atoms with Crippen LogP contribution in [0.4, 0.5) is 23.1 Å². The lowest BCUT2D eigenvalue weighted by Crippen LogP contribution is -2.25. The van der Waals surface area contributed by atoms with Crippen molar-refractivity contribution < 1.29 is 9.53 Å². The number of benzene rings is 2. The van der Waals surface area contributed by atoms with Gasteiger partial charge in [0.2, 0.25) is 5.95 Å². The average Bonchev–Trinajstić information content (AvgIpc) is 3.01. The molecule has 43 heavy (non-hydrogen) atoms. The van der Waals surface area contributed by atoms with Crippen LogP contribution < -0.4 is 10.2 Å². The molecule has 1 heterocycles. The second-order valence-electron chi connectivity index (χ2n) is 10.7. The van der Waals surface area contributed by atoms with Gasteiger partial charge in [0.15, 0.2) is 6.73 Å². The molecule has 0 aliphatic heterocycles. The minimum atomic E-state index is -0.237. The zero-order valence-electron chi connectivity index (χ0n) is 25.7. The molecule has 7 heteroatoms. The van der Waals surface area contributed by atoms with Crippen LogP contribution in [0.5, 0.6) is 0 Å². The highest BCUT2D eigenvalue weighted by Gasteiger charge is 2.16. The van der Waals surface area contributed by atoms with Gasteiger partial charge >= 0.3 is 5.97 Å². The number of carbonyl (C=O) groups excluding carboxylic acids is 1. The van der Waals surface area contributed by atoms with Crippen molar-refractivity contribution in [3.05, 3.63) is 77.0 Å². The number of nitrogens with zero attached hydrogens (tertiary/aromatic N) is 4. The first-order valence-electron chi connectivity index (χ1n) is 15.2. The van der Waals surface area contributed by atoms with Crippen LogP contribution in [-0.2, 0) is 9.53 Å². The number of aromatic nitrogens is 2. The molecule has 0 unspecified atom stereocenters. The van der Waals surface area contributed by atoms with Gasteiger partial charge in [0.05, 0.1) is 6.07 Å². The second-order valence-corrected chi connectivity index (χ2v) is 10.7. The maximum Gasteiger partial charge on any atom is 0.307 e. The fraction of sp³-hybridized carbons (Fsp3) is 0.389. The molecule has 0 aliphatic carbocycles. The van der Waals surface area contributed by atoms with E-state index in [0.29, 0.717) is 18.2 Å². The van der Waals surface area contributed by atoms with Gasteiger partial charge in [0.25, 0.3) is 0 Å². The Morgan fingerprint density at radius 3 is 2.28 bits per heavy atom. The smallest absolute Gasteiger partial charge is 0.307 e. The zero-order chi connectivity index (χ0) is 30.9. The first kappa shape index (κ1) is 32.9. The van der Waals surface area contributed by atoms with Crippen molar-refractivity contribution in [2.24, 2.45) is 0 Å². The summed E-state index contributed by atoms with van der Waals surface area (Å²) in [5, 5.41) is 12.3. The maximum atomic E-state index is 12.6. The first-order valence-corrected chi connectivity index (χ1v) is 15.2. The zero-order valence-corrected chi connectivity index (χ0v) is 25.7. The van der Waals surface area contributed by atoms with Crippen LogP contribution in [0.25, 0.3) is 6.08 Å². The summed E-state index contributed by atoms with van der Waals surface area (Å²) in [7, 11) is 0. The Labute approximate surface area is 257 Å². The number of aryl methyl sites for hydroxylation is 2. The number of allylic oxidation sites excluding steroid dienone is 1. The van der Waals surface area contributed by atoms with Gasteiger partial charge in [0.1, 0.15) is 5.82 Å². The van der Waals surface area contributed by atoms with Crippen molar-refractivity contribution >= 4 is 35.2 Å². The average molecular weight is 578 g/mol. The molecule has 0 amide bonds. The van der Waals surface area contributed by atoms with Gasteiger partial charge in [-0.25, -0.2) is 4.98 Å². The number of ether oxygens (including phenoxy) is 1. The molecule has 0 spiro atoms. The molecule has 1 aromatic heterocycles. The van der Waals surface area contributed by atoms with Crippen molar-refractivity contribution in [1.82, 2.24) is 9.97 Å². The van der Waals surface area contributed by atoms with Crippen molar-refractivity contribution in [3.8, 4) is 18.4 Å². The summed E-state index contributed by atoms with van der Waals surface area (Å²) in [5.74, 6) is 3.38. The number of terminal acetylenes is 1. The molecule has 0 radical (unpaired) electrons. The Bertz CT molecular complexity index is 1410. The summed E-state index contributed by atoms with van der Waals surface area (Å²) in [6, 6.07) is 15.3. The van der Waals surface area contributed by atoms with Crippen LogP contribution in [0.3, 0.4) is 0 Å². The standard InChI is InChI=1S/C36H43N5O2/c1-5-7-8-9-10-11-12-13-14-17-34(42)43-27-41(32-20-18-30(6-2)19-21-32)36-38-24-22-33(40-36)39-35-28(3)25-31(16-15-23-37)26-29(35)4/h2,15-16,18-22,24-26H,5,7-14,17,27H2,1,3-4H3,(H,38,39,40)/b16-15+. The molecule has 0 atom stereocenters. The van der Waals surface area contributed by atoms with E-state index in [-0.39, 0.29) is 12.7 Å². The molecule has 224 valence electrons. The normalized spacial score (nSPS) is 10.7. The maximum absolute atomic E-state index is 12.6. The monoisotopic (exact) mass is 577 g/mol. The van der Waals surface area contributed by atoms with Crippen molar-refractivity contribution in [2.45, 2.75) is 85.0 Å². The number of nitriles is 1. The Balaban J connectivity index is 1.67. The van der Waals surface area contributed by atoms with E-state index in [9.17, 15) is 4.79 Å². The number of rotatable bonds is 17. The van der Waals surface area contributed by atoms with Crippen LogP contribution in [0.1, 0.15) is 93.4 Å². The second kappa shape index (κ2) is 18.0. The molecule has 7 nitrogen and oxygen atoms in total. The molecular weight excluding hydrogens is 534 g/mol. The SMILES string of the molecule is C#Cc1ccc(N(COC(=O)CCCCCCCCCCC)c2nccc(Nc3c(C)cc(/C=C/C#N)cc3C)n2)cc1. The van der Waals surface area contributed by atoms with Crippen LogP contribution >= 0.6 is 0 Å². The van der Waals surface area contributed by atoms with Crippen LogP contribution in [0, 0.1) is 37.5 Å². The lowest BCUT2D eigenvalue weighted by molar-refractivity contribution is -0.143. The van der Waals surface area contributed by atoms with Gasteiger partial charge in [-0.2, -0.15) is 10.2 Å². The highest BCUT2D eigenvalue weighted by atomic mass is 16.5. The van der Waals surface area contributed by atoms with Gasteiger partial charge in [-0.1, -0.05) is 64.2 Å². The molecule has 0 aliphatic rings. The Morgan fingerprint density at radius 1 is 1.00 bits per heavy atom. The third-order valence-corrected chi connectivity index (χ3v) is 7.23. The van der Waals surface area contributed by atoms with Crippen LogP contribution in [-0.4, -0.2) is 22.7 Å². The molecule has 3 aromatic rings. The molecule has 0 bridgehead atoms. The molecule has 0 saturated carbocycles. The van der Waals surface area contributed by atoms with Gasteiger partial charge in [-0.3, -0.25) is 9.69 Å². The minimum Gasteiger partial charge on any atom is -0.444 e. The van der Waals surface area contributed by atoms with Gasteiger partial charge < -0.3 is 10.1 Å². The molecule has 0 fully saturated rings. The van der Waals surface area contributed by atoms with E-state index >= 15 is 0 Å². The molecule has 2 aromatic carbocycles. The topological polar surface area (TPSA) is 91.1 Å². The highest BCUT2D eigenvalue weighted by Crippen LogP contribution is 2.28. The summed E-state index contributed by atoms with van der Waals surface area (Å²) < 4.78 is 5.70. The van der Waals surface area contributed by atoms with E-state index in [4.69, 9.17) is 21.4 Å². The van der Waals surface area contributed by atoms with Crippen molar-refractivity contribution in [3.63, 3.8) is 0 Å². The first-order chi connectivity index (χ1) is 20.9. The lowest BCUT2D eigenvalue weighted by atomic mass is 10.0. The number of anilines is 4. The summed E-state index contributed by atoms with van der Waals surface area (Å²) in [4.78, 5) is 23.7. The largest absolute Gasteiger partial charge is 0.444 e. The third kappa shape index (κ3) is 10.9. The highest BCUT2D eigenvalue weighted by molar-refractivity contribution is 5.71. The van der Waals surface area contributed by atoms with E-state index in [1.807, 2.05) is 56.3 Å². The van der Waals surface area contributed by atoms with Crippen molar-refractivity contribution in [2.75, 3.05) is 16.9 Å².